The molecule has 1 saturated heterocycles. The summed E-state index contributed by atoms with van der Waals surface area (Å²) in [6.45, 7) is 5.10. The van der Waals surface area contributed by atoms with Gasteiger partial charge in [-0.05, 0) is 19.3 Å². The minimum atomic E-state index is -0.367. The summed E-state index contributed by atoms with van der Waals surface area (Å²) in [6.07, 6.45) is 7.07. The fraction of sp³-hybridized carbons (Fsp3) is 0.750. The maximum atomic E-state index is 11.1. The Morgan fingerprint density at radius 2 is 1.73 bits per heavy atom. The van der Waals surface area contributed by atoms with E-state index in [1.807, 2.05) is 6.08 Å². The highest BCUT2D eigenvalue weighted by Crippen LogP contribution is 2.45. The summed E-state index contributed by atoms with van der Waals surface area (Å²) in [5, 5.41) is 0. The zero-order chi connectivity index (χ0) is 10.8. The monoisotopic (exact) mass is 210 g/mol. The average Bonchev–Trinajstić information content (AvgIpc) is 2.72. The van der Waals surface area contributed by atoms with E-state index in [-0.39, 0.29) is 11.2 Å². The van der Waals surface area contributed by atoms with Gasteiger partial charge >= 0.3 is 0 Å². The second kappa shape index (κ2) is 4.06. The van der Waals surface area contributed by atoms with Gasteiger partial charge in [0.2, 0.25) is 0 Å². The molecule has 2 rings (SSSR count). The van der Waals surface area contributed by atoms with Gasteiger partial charge in [-0.2, -0.15) is 0 Å². The molecule has 84 valence electrons. The molecule has 0 unspecified atom stereocenters. The Kier molecular flexibility index (Phi) is 2.94. The molecule has 2 aliphatic rings. The van der Waals surface area contributed by atoms with E-state index < -0.39 is 0 Å². The molecule has 0 radical (unpaired) electrons. The first kappa shape index (κ1) is 10.8. The number of aldehydes is 1. The number of hydrogen-bond acceptors (Lipinski definition) is 3. The molecule has 0 N–H and O–H groups in total. The van der Waals surface area contributed by atoms with Crippen molar-refractivity contribution in [2.75, 3.05) is 13.2 Å². The van der Waals surface area contributed by atoms with Crippen molar-refractivity contribution < 1.29 is 14.3 Å². The first-order chi connectivity index (χ1) is 7.24. The Morgan fingerprint density at radius 3 is 2.20 bits per heavy atom. The lowest BCUT2D eigenvalue weighted by Crippen LogP contribution is -2.40. The third kappa shape index (κ3) is 1.99. The highest BCUT2D eigenvalue weighted by Gasteiger charge is 2.45. The summed E-state index contributed by atoms with van der Waals surface area (Å²) < 4.78 is 11.3. The van der Waals surface area contributed by atoms with Gasteiger partial charge in [0.1, 0.15) is 6.29 Å². The standard InChI is InChI=1S/C12H18O3/c1-2-3-11(10-13)4-6-12(7-5-11)14-8-9-15-12/h2,10H,1,3-9H2. The smallest absolute Gasteiger partial charge is 0.168 e. The summed E-state index contributed by atoms with van der Waals surface area (Å²) in [5.41, 5.74) is -0.206. The fourth-order valence-electron chi connectivity index (χ4n) is 2.57. The van der Waals surface area contributed by atoms with E-state index in [1.165, 1.54) is 0 Å². The van der Waals surface area contributed by atoms with E-state index in [4.69, 9.17) is 9.47 Å². The zero-order valence-electron chi connectivity index (χ0n) is 9.04. The van der Waals surface area contributed by atoms with E-state index >= 15 is 0 Å². The molecule has 0 aromatic heterocycles. The van der Waals surface area contributed by atoms with Crippen LogP contribution in [0.2, 0.25) is 0 Å². The third-order valence-corrected chi connectivity index (χ3v) is 3.62. The molecule has 1 heterocycles. The van der Waals surface area contributed by atoms with Crippen LogP contribution in [0.3, 0.4) is 0 Å². The summed E-state index contributed by atoms with van der Waals surface area (Å²) in [6, 6.07) is 0. The molecular weight excluding hydrogens is 192 g/mol. The SMILES string of the molecule is C=CCC1(C=O)CCC2(CC1)OCCO2. The van der Waals surface area contributed by atoms with Gasteiger partial charge in [0, 0.05) is 18.3 Å². The molecule has 0 bridgehead atoms. The van der Waals surface area contributed by atoms with E-state index in [9.17, 15) is 4.79 Å². The summed E-state index contributed by atoms with van der Waals surface area (Å²) >= 11 is 0. The van der Waals surface area contributed by atoms with Gasteiger partial charge in [-0.1, -0.05) is 6.08 Å². The van der Waals surface area contributed by atoms with Crippen molar-refractivity contribution in [2.45, 2.75) is 37.9 Å². The fourth-order valence-corrected chi connectivity index (χ4v) is 2.57. The van der Waals surface area contributed by atoms with E-state index in [2.05, 4.69) is 6.58 Å². The van der Waals surface area contributed by atoms with Gasteiger partial charge in [-0.15, -0.1) is 6.58 Å². The second-order valence-electron chi connectivity index (χ2n) is 4.58. The van der Waals surface area contributed by atoms with E-state index in [0.29, 0.717) is 13.2 Å². The van der Waals surface area contributed by atoms with Crippen LogP contribution in [0.15, 0.2) is 12.7 Å². The lowest BCUT2D eigenvalue weighted by molar-refractivity contribution is -0.190. The molecule has 1 aliphatic heterocycles. The van der Waals surface area contributed by atoms with Crippen molar-refractivity contribution in [1.29, 1.82) is 0 Å². The molecular formula is C12H18O3. The highest BCUT2D eigenvalue weighted by molar-refractivity contribution is 5.60. The molecule has 2 fully saturated rings. The summed E-state index contributed by atoms with van der Waals surface area (Å²) in [5.74, 6) is -0.367. The number of allylic oxidation sites excluding steroid dienone is 1. The van der Waals surface area contributed by atoms with Crippen molar-refractivity contribution in [1.82, 2.24) is 0 Å². The van der Waals surface area contributed by atoms with Crippen molar-refractivity contribution >= 4 is 6.29 Å². The Labute approximate surface area is 90.4 Å². The zero-order valence-corrected chi connectivity index (χ0v) is 9.04. The summed E-state index contributed by atoms with van der Waals surface area (Å²) in [4.78, 5) is 11.1. The first-order valence-corrected chi connectivity index (χ1v) is 5.59. The van der Waals surface area contributed by atoms with Gasteiger partial charge in [-0.25, -0.2) is 0 Å². The lowest BCUT2D eigenvalue weighted by atomic mass is 9.71. The molecule has 1 aliphatic carbocycles. The van der Waals surface area contributed by atoms with Crippen LogP contribution in [0.5, 0.6) is 0 Å². The second-order valence-corrected chi connectivity index (χ2v) is 4.58. The normalized spacial score (nSPS) is 27.7. The molecule has 0 atom stereocenters. The minimum absolute atomic E-state index is 0.206. The molecule has 0 aromatic rings. The first-order valence-electron chi connectivity index (χ1n) is 5.59. The Bertz CT molecular complexity index is 244. The van der Waals surface area contributed by atoms with E-state index in [0.717, 1.165) is 38.4 Å². The quantitative estimate of drug-likeness (QED) is 0.528. The predicted molar refractivity (Wildman–Crippen MR) is 56.4 cm³/mol. The van der Waals surface area contributed by atoms with Crippen LogP contribution in [0.1, 0.15) is 32.1 Å². The maximum Gasteiger partial charge on any atom is 0.168 e. The maximum absolute atomic E-state index is 11.1. The van der Waals surface area contributed by atoms with Crippen LogP contribution < -0.4 is 0 Å². The topological polar surface area (TPSA) is 35.5 Å². The van der Waals surface area contributed by atoms with Crippen molar-refractivity contribution in [3.05, 3.63) is 12.7 Å². The Hall–Kier alpha value is -0.670. The van der Waals surface area contributed by atoms with Crippen LogP contribution in [0.25, 0.3) is 0 Å². The Morgan fingerprint density at radius 1 is 1.13 bits per heavy atom. The number of carbonyl (C=O) groups excluding carboxylic acids is 1. The van der Waals surface area contributed by atoms with Crippen LogP contribution in [-0.4, -0.2) is 25.3 Å². The molecule has 0 amide bonds. The van der Waals surface area contributed by atoms with E-state index in [1.54, 1.807) is 0 Å². The number of hydrogen-bond donors (Lipinski definition) is 0. The van der Waals surface area contributed by atoms with Gasteiger partial charge in [0.15, 0.2) is 5.79 Å². The largest absolute Gasteiger partial charge is 0.348 e. The van der Waals surface area contributed by atoms with Crippen LogP contribution in [0.4, 0.5) is 0 Å². The van der Waals surface area contributed by atoms with Gasteiger partial charge < -0.3 is 14.3 Å². The number of ether oxygens (including phenoxy) is 2. The highest BCUT2D eigenvalue weighted by atomic mass is 16.7. The number of rotatable bonds is 3. The van der Waals surface area contributed by atoms with Crippen LogP contribution in [-0.2, 0) is 14.3 Å². The lowest BCUT2D eigenvalue weighted by Gasteiger charge is -2.40. The predicted octanol–water partition coefficient (Wildman–Crippen LogP) is 2.06. The minimum Gasteiger partial charge on any atom is -0.348 e. The third-order valence-electron chi connectivity index (χ3n) is 3.62. The Balaban J connectivity index is 2.00. The van der Waals surface area contributed by atoms with Crippen molar-refractivity contribution in [2.24, 2.45) is 5.41 Å². The average molecular weight is 210 g/mol. The van der Waals surface area contributed by atoms with Gasteiger partial charge in [0.25, 0.3) is 0 Å². The summed E-state index contributed by atoms with van der Waals surface area (Å²) in [7, 11) is 0. The molecule has 15 heavy (non-hydrogen) atoms. The number of carbonyl (C=O) groups is 1. The molecule has 1 saturated carbocycles. The van der Waals surface area contributed by atoms with Crippen molar-refractivity contribution in [3.8, 4) is 0 Å². The molecule has 1 spiro atoms. The molecule has 0 aromatic carbocycles. The molecule has 3 nitrogen and oxygen atoms in total. The molecule has 3 heteroatoms. The van der Waals surface area contributed by atoms with Crippen LogP contribution in [0, 0.1) is 5.41 Å². The van der Waals surface area contributed by atoms with Crippen LogP contribution >= 0.6 is 0 Å². The van der Waals surface area contributed by atoms with Gasteiger partial charge in [0.05, 0.1) is 13.2 Å². The van der Waals surface area contributed by atoms with Crippen molar-refractivity contribution in [3.63, 3.8) is 0 Å². The van der Waals surface area contributed by atoms with Gasteiger partial charge in [-0.3, -0.25) is 0 Å².